The Hall–Kier alpha value is -3.27. The molecule has 0 N–H and O–H groups in total. The monoisotopic (exact) mass is 351 g/mol. The zero-order valence-corrected chi connectivity index (χ0v) is 15.5. The summed E-state index contributed by atoms with van der Waals surface area (Å²) in [6.07, 6.45) is 6.32. The highest BCUT2D eigenvalue weighted by Gasteiger charge is 2.37. The fourth-order valence-corrected chi connectivity index (χ4v) is 3.95. The van der Waals surface area contributed by atoms with Crippen molar-refractivity contribution in [2.45, 2.75) is 6.82 Å². The molecule has 27 heavy (non-hydrogen) atoms. The summed E-state index contributed by atoms with van der Waals surface area (Å²) in [7, 11) is 2.09. The number of aromatic nitrogens is 1. The van der Waals surface area contributed by atoms with Crippen LogP contribution in [0.4, 0.5) is 5.82 Å². The first-order valence-electron chi connectivity index (χ1n) is 9.25. The summed E-state index contributed by atoms with van der Waals surface area (Å²) >= 11 is 0. The molecule has 0 fully saturated rings. The molecule has 0 saturated carbocycles. The van der Waals surface area contributed by atoms with Gasteiger partial charge in [-0.1, -0.05) is 48.5 Å². The van der Waals surface area contributed by atoms with Crippen LogP contribution in [0.1, 0.15) is 5.76 Å². The Kier molecular flexibility index (Phi) is 3.64. The molecule has 4 heteroatoms. The van der Waals surface area contributed by atoms with E-state index in [9.17, 15) is 0 Å². The van der Waals surface area contributed by atoms with Gasteiger partial charge in [0, 0.05) is 23.0 Å². The standard InChI is InChI=1S/C23H20BN2O/c1-24-23-19-10-6-7-11-20(19)27-21(23)13-15-26(24)22-16-18(12-14-25(22)2)17-8-4-3-5-9-17/h3-16H,1-2H3/q+1. The number of anilines is 1. The quantitative estimate of drug-likeness (QED) is 0.398. The molecule has 0 bridgehead atoms. The average Bonchev–Trinajstić information content (AvgIpc) is 3.09. The Balaban J connectivity index is 1.62. The third-order valence-electron chi connectivity index (χ3n) is 5.38. The molecule has 0 amide bonds. The van der Waals surface area contributed by atoms with Crippen molar-refractivity contribution in [3.63, 3.8) is 0 Å². The van der Waals surface area contributed by atoms with Gasteiger partial charge >= 0.3 is 6.85 Å². The number of hydrogen-bond acceptors (Lipinski definition) is 2. The summed E-state index contributed by atoms with van der Waals surface area (Å²) in [5.74, 6) is 2.11. The van der Waals surface area contributed by atoms with Gasteiger partial charge in [0.25, 0.3) is 5.82 Å². The number of fused-ring (bicyclic) bond motifs is 3. The molecule has 2 aromatic heterocycles. The van der Waals surface area contributed by atoms with Crippen molar-refractivity contribution in [2.24, 2.45) is 7.05 Å². The molecular weight excluding hydrogens is 331 g/mol. The summed E-state index contributed by atoms with van der Waals surface area (Å²) in [5, 5.41) is 1.19. The molecule has 0 saturated heterocycles. The van der Waals surface area contributed by atoms with Crippen LogP contribution in [0.5, 0.6) is 0 Å². The number of pyridine rings is 1. The zero-order valence-electron chi connectivity index (χ0n) is 15.5. The Morgan fingerprint density at radius 3 is 2.56 bits per heavy atom. The lowest BCUT2D eigenvalue weighted by atomic mass is 9.54. The molecule has 1 aliphatic heterocycles. The van der Waals surface area contributed by atoms with Crippen LogP contribution in [0, 0.1) is 0 Å². The average molecular weight is 351 g/mol. The summed E-state index contributed by atoms with van der Waals surface area (Å²) < 4.78 is 8.22. The number of rotatable bonds is 2. The van der Waals surface area contributed by atoms with E-state index in [4.69, 9.17) is 4.42 Å². The van der Waals surface area contributed by atoms with Crippen molar-refractivity contribution >= 4 is 35.2 Å². The van der Waals surface area contributed by atoms with E-state index in [1.165, 1.54) is 22.0 Å². The molecule has 4 aromatic rings. The molecule has 3 nitrogen and oxygen atoms in total. The van der Waals surface area contributed by atoms with E-state index in [0.29, 0.717) is 0 Å². The summed E-state index contributed by atoms with van der Waals surface area (Å²) in [6, 6.07) is 23.2. The number of para-hydroxylation sites is 1. The predicted molar refractivity (Wildman–Crippen MR) is 112 cm³/mol. The van der Waals surface area contributed by atoms with Gasteiger partial charge in [-0.25, -0.2) is 4.57 Å². The number of hydrogen-bond donors (Lipinski definition) is 0. The van der Waals surface area contributed by atoms with Crippen molar-refractivity contribution in [3.8, 4) is 11.1 Å². The fourth-order valence-electron chi connectivity index (χ4n) is 3.95. The molecule has 1 aliphatic rings. The van der Waals surface area contributed by atoms with Gasteiger partial charge in [-0.15, -0.1) is 0 Å². The Morgan fingerprint density at radius 2 is 1.70 bits per heavy atom. The first-order chi connectivity index (χ1) is 13.2. The van der Waals surface area contributed by atoms with Gasteiger partial charge in [-0.2, -0.15) is 0 Å². The van der Waals surface area contributed by atoms with Gasteiger partial charge in [-0.3, -0.25) is 4.81 Å². The molecule has 0 spiro atoms. The smallest absolute Gasteiger partial charge is 0.413 e. The molecule has 5 rings (SSSR count). The van der Waals surface area contributed by atoms with E-state index < -0.39 is 0 Å². The van der Waals surface area contributed by atoms with Crippen LogP contribution in [0.25, 0.3) is 28.2 Å². The second-order valence-corrected chi connectivity index (χ2v) is 7.03. The zero-order chi connectivity index (χ0) is 18.4. The molecule has 0 radical (unpaired) electrons. The summed E-state index contributed by atoms with van der Waals surface area (Å²) in [4.78, 5) is 2.32. The number of nitrogens with zero attached hydrogens (tertiary/aromatic N) is 2. The molecule has 0 aliphatic carbocycles. The number of benzene rings is 2. The highest BCUT2D eigenvalue weighted by Crippen LogP contribution is 2.27. The SMILES string of the molecule is CB1c2c(oc3ccccc23)C=CN1c1cc(-c2ccccc2)cc[n+]1C. The minimum atomic E-state index is 0.186. The summed E-state index contributed by atoms with van der Waals surface area (Å²) in [5.41, 5.74) is 4.64. The van der Waals surface area contributed by atoms with E-state index in [1.54, 1.807) is 0 Å². The van der Waals surface area contributed by atoms with Crippen LogP contribution < -0.4 is 14.8 Å². The maximum absolute atomic E-state index is 6.05. The van der Waals surface area contributed by atoms with Gasteiger partial charge in [-0.05, 0) is 30.1 Å². The van der Waals surface area contributed by atoms with E-state index in [0.717, 1.165) is 17.2 Å². The Bertz CT molecular complexity index is 1160. The van der Waals surface area contributed by atoms with Gasteiger partial charge < -0.3 is 4.42 Å². The van der Waals surface area contributed by atoms with Gasteiger partial charge in [0.15, 0.2) is 0 Å². The number of aryl methyl sites for hydroxylation is 1. The second-order valence-electron chi connectivity index (χ2n) is 7.03. The van der Waals surface area contributed by atoms with Crippen molar-refractivity contribution < 1.29 is 8.98 Å². The van der Waals surface area contributed by atoms with Crippen LogP contribution in [0.3, 0.4) is 0 Å². The van der Waals surface area contributed by atoms with Gasteiger partial charge in [0.1, 0.15) is 11.3 Å². The lowest BCUT2D eigenvalue weighted by molar-refractivity contribution is -0.658. The van der Waals surface area contributed by atoms with Crippen LogP contribution in [-0.2, 0) is 7.05 Å². The van der Waals surface area contributed by atoms with Crippen LogP contribution in [-0.4, -0.2) is 6.85 Å². The second kappa shape index (κ2) is 6.17. The van der Waals surface area contributed by atoms with Crippen molar-refractivity contribution in [2.75, 3.05) is 4.81 Å². The van der Waals surface area contributed by atoms with Crippen molar-refractivity contribution in [1.82, 2.24) is 0 Å². The van der Waals surface area contributed by atoms with E-state index in [2.05, 4.69) is 90.3 Å². The highest BCUT2D eigenvalue weighted by atomic mass is 16.3. The third kappa shape index (κ3) is 2.56. The van der Waals surface area contributed by atoms with Gasteiger partial charge in [0.05, 0.1) is 19.4 Å². The number of furan rings is 1. The van der Waals surface area contributed by atoms with E-state index in [-0.39, 0.29) is 6.85 Å². The van der Waals surface area contributed by atoms with Crippen LogP contribution in [0.2, 0.25) is 6.82 Å². The minimum Gasteiger partial charge on any atom is -0.457 e. The molecule has 2 aromatic carbocycles. The molecule has 0 unspecified atom stereocenters. The maximum Gasteiger partial charge on any atom is 0.413 e. The normalized spacial score (nSPS) is 13.3. The first-order valence-corrected chi connectivity index (χ1v) is 9.25. The van der Waals surface area contributed by atoms with Crippen LogP contribution >= 0.6 is 0 Å². The van der Waals surface area contributed by atoms with Crippen molar-refractivity contribution in [3.05, 3.63) is 84.9 Å². The highest BCUT2D eigenvalue weighted by molar-refractivity contribution is 6.79. The molecule has 3 heterocycles. The molecular formula is C23H20BN2O+. The van der Waals surface area contributed by atoms with E-state index in [1.807, 2.05) is 18.2 Å². The van der Waals surface area contributed by atoms with Crippen LogP contribution in [0.15, 0.2) is 83.5 Å². The Morgan fingerprint density at radius 1 is 0.926 bits per heavy atom. The maximum atomic E-state index is 6.05. The topological polar surface area (TPSA) is 20.3 Å². The molecule has 130 valence electrons. The summed E-state index contributed by atoms with van der Waals surface area (Å²) in [6.45, 7) is 2.42. The third-order valence-corrected chi connectivity index (χ3v) is 5.38. The minimum absolute atomic E-state index is 0.186. The lowest BCUT2D eigenvalue weighted by Crippen LogP contribution is -2.50. The predicted octanol–water partition coefficient (Wildman–Crippen LogP) is 4.24. The fraction of sp³-hybridized carbons (Fsp3) is 0.0870. The Labute approximate surface area is 159 Å². The lowest BCUT2D eigenvalue weighted by Gasteiger charge is -2.22. The van der Waals surface area contributed by atoms with E-state index >= 15 is 0 Å². The van der Waals surface area contributed by atoms with Crippen molar-refractivity contribution in [1.29, 1.82) is 0 Å². The largest absolute Gasteiger partial charge is 0.457 e. The van der Waals surface area contributed by atoms with Gasteiger partial charge in [0.2, 0.25) is 0 Å². The first kappa shape index (κ1) is 15.9. The molecule has 0 atom stereocenters.